The second kappa shape index (κ2) is 11.1. The quantitative estimate of drug-likeness (QED) is 0.337. The number of carbonyl (C=O) groups excluding carboxylic acids is 3. The molecule has 10 heteroatoms. The Morgan fingerprint density at radius 1 is 0.943 bits per heavy atom. The number of thiophene rings is 1. The highest BCUT2D eigenvalue weighted by atomic mass is 32.1. The number of esters is 1. The number of amides is 2. The zero-order chi connectivity index (χ0) is 24.6. The van der Waals surface area contributed by atoms with Crippen LogP contribution in [0.3, 0.4) is 0 Å². The normalized spacial score (nSPS) is 10.4. The fraction of sp³-hybridized carbons (Fsp3) is 0.120. The molecular weight excluding hydrogens is 468 g/mol. The van der Waals surface area contributed by atoms with Gasteiger partial charge in [-0.1, -0.05) is 24.3 Å². The SMILES string of the molecule is CCOC(=O)c1nn(-c2ccccc2)cc1OCC(=O)Nc1ccc(NC(=O)c2cccs2)cc1. The van der Waals surface area contributed by atoms with E-state index in [1.54, 1.807) is 37.3 Å². The molecule has 0 atom stereocenters. The highest BCUT2D eigenvalue weighted by molar-refractivity contribution is 7.12. The number of benzene rings is 2. The van der Waals surface area contributed by atoms with Crippen LogP contribution in [-0.4, -0.2) is 40.8 Å². The van der Waals surface area contributed by atoms with Crippen LogP contribution in [0.1, 0.15) is 27.1 Å². The van der Waals surface area contributed by atoms with E-state index in [0.717, 1.165) is 5.69 Å². The molecule has 35 heavy (non-hydrogen) atoms. The van der Waals surface area contributed by atoms with E-state index in [9.17, 15) is 14.4 Å². The number of hydrogen-bond acceptors (Lipinski definition) is 7. The van der Waals surface area contributed by atoms with Gasteiger partial charge in [-0.15, -0.1) is 11.3 Å². The molecule has 2 N–H and O–H groups in total. The first-order chi connectivity index (χ1) is 17.0. The minimum Gasteiger partial charge on any atom is -0.480 e. The summed E-state index contributed by atoms with van der Waals surface area (Å²) in [6.45, 7) is 1.53. The molecule has 2 aromatic carbocycles. The van der Waals surface area contributed by atoms with Crippen LogP contribution >= 0.6 is 11.3 Å². The van der Waals surface area contributed by atoms with Crippen molar-refractivity contribution in [3.8, 4) is 11.4 Å². The third-order valence-corrected chi connectivity index (χ3v) is 5.57. The van der Waals surface area contributed by atoms with Gasteiger partial charge in [0, 0.05) is 11.4 Å². The summed E-state index contributed by atoms with van der Waals surface area (Å²) in [5.41, 5.74) is 1.83. The Hall–Kier alpha value is -4.44. The molecular formula is C25H22N4O5S. The van der Waals surface area contributed by atoms with Crippen LogP contribution in [0.4, 0.5) is 11.4 Å². The van der Waals surface area contributed by atoms with Gasteiger partial charge in [-0.2, -0.15) is 5.10 Å². The van der Waals surface area contributed by atoms with Gasteiger partial charge in [-0.25, -0.2) is 9.48 Å². The van der Waals surface area contributed by atoms with E-state index in [1.165, 1.54) is 22.2 Å². The van der Waals surface area contributed by atoms with Crippen LogP contribution in [-0.2, 0) is 9.53 Å². The summed E-state index contributed by atoms with van der Waals surface area (Å²) >= 11 is 1.35. The first kappa shape index (κ1) is 23.7. The Morgan fingerprint density at radius 3 is 2.31 bits per heavy atom. The second-order valence-electron chi connectivity index (χ2n) is 7.19. The van der Waals surface area contributed by atoms with Crippen molar-refractivity contribution < 1.29 is 23.9 Å². The molecule has 0 aliphatic carbocycles. The lowest BCUT2D eigenvalue weighted by Gasteiger charge is -2.08. The maximum Gasteiger partial charge on any atom is 0.362 e. The second-order valence-corrected chi connectivity index (χ2v) is 8.14. The molecule has 2 amide bonds. The lowest BCUT2D eigenvalue weighted by atomic mass is 10.2. The predicted molar refractivity (Wildman–Crippen MR) is 132 cm³/mol. The van der Waals surface area contributed by atoms with Crippen molar-refractivity contribution in [3.05, 3.63) is 88.9 Å². The van der Waals surface area contributed by atoms with Crippen LogP contribution in [0, 0.1) is 0 Å². The summed E-state index contributed by atoms with van der Waals surface area (Å²) < 4.78 is 12.2. The number of nitrogens with one attached hydrogen (secondary N) is 2. The molecule has 0 bridgehead atoms. The molecule has 0 fully saturated rings. The van der Waals surface area contributed by atoms with Gasteiger partial charge in [-0.05, 0) is 54.8 Å². The van der Waals surface area contributed by atoms with Gasteiger partial charge in [0.1, 0.15) is 0 Å². The van der Waals surface area contributed by atoms with Crippen LogP contribution in [0.25, 0.3) is 5.69 Å². The third-order valence-electron chi connectivity index (χ3n) is 4.70. The number of nitrogens with zero attached hydrogens (tertiary/aromatic N) is 2. The summed E-state index contributed by atoms with van der Waals surface area (Å²) in [5, 5.41) is 11.6. The van der Waals surface area contributed by atoms with Crippen molar-refractivity contribution in [2.24, 2.45) is 0 Å². The summed E-state index contributed by atoms with van der Waals surface area (Å²) in [6.07, 6.45) is 1.53. The summed E-state index contributed by atoms with van der Waals surface area (Å²) in [4.78, 5) is 37.5. The average molecular weight is 491 g/mol. The van der Waals surface area contributed by atoms with E-state index in [0.29, 0.717) is 16.3 Å². The van der Waals surface area contributed by atoms with Gasteiger partial charge in [-0.3, -0.25) is 9.59 Å². The molecule has 4 rings (SSSR count). The molecule has 2 aromatic heterocycles. The molecule has 4 aromatic rings. The summed E-state index contributed by atoms with van der Waals surface area (Å²) in [6, 6.07) is 19.4. The van der Waals surface area contributed by atoms with Gasteiger partial charge in [0.2, 0.25) is 5.69 Å². The number of ether oxygens (including phenoxy) is 2. The zero-order valence-electron chi connectivity index (χ0n) is 18.8. The zero-order valence-corrected chi connectivity index (χ0v) is 19.6. The van der Waals surface area contributed by atoms with Gasteiger partial charge in [0.25, 0.3) is 11.8 Å². The Labute approximate surface area is 205 Å². The fourth-order valence-electron chi connectivity index (χ4n) is 3.10. The first-order valence-electron chi connectivity index (χ1n) is 10.7. The van der Waals surface area contributed by atoms with E-state index < -0.39 is 11.9 Å². The van der Waals surface area contributed by atoms with Crippen molar-refractivity contribution in [1.82, 2.24) is 9.78 Å². The third kappa shape index (κ3) is 6.12. The Morgan fingerprint density at radius 2 is 1.66 bits per heavy atom. The molecule has 0 radical (unpaired) electrons. The fourth-order valence-corrected chi connectivity index (χ4v) is 3.71. The number of rotatable bonds is 9. The maximum atomic E-state index is 12.4. The Bertz CT molecular complexity index is 1300. The monoisotopic (exact) mass is 490 g/mol. The molecule has 0 aliphatic rings. The number of aromatic nitrogens is 2. The topological polar surface area (TPSA) is 112 Å². The lowest BCUT2D eigenvalue weighted by Crippen LogP contribution is -2.21. The smallest absolute Gasteiger partial charge is 0.362 e. The van der Waals surface area contributed by atoms with Gasteiger partial charge < -0.3 is 20.1 Å². The van der Waals surface area contributed by atoms with E-state index in [2.05, 4.69) is 15.7 Å². The van der Waals surface area contributed by atoms with E-state index in [4.69, 9.17) is 9.47 Å². The van der Waals surface area contributed by atoms with E-state index in [-0.39, 0.29) is 30.6 Å². The van der Waals surface area contributed by atoms with Crippen LogP contribution in [0.15, 0.2) is 78.3 Å². The number of anilines is 2. The number of hydrogen-bond donors (Lipinski definition) is 2. The van der Waals surface area contributed by atoms with E-state index in [1.807, 2.05) is 41.8 Å². The molecule has 178 valence electrons. The van der Waals surface area contributed by atoms with Gasteiger partial charge >= 0.3 is 5.97 Å². The Kier molecular flexibility index (Phi) is 7.53. The summed E-state index contributed by atoms with van der Waals surface area (Å²) in [7, 11) is 0. The Balaban J connectivity index is 1.37. The molecule has 0 saturated carbocycles. The minimum absolute atomic E-state index is 0.0191. The standard InChI is InChI=1S/C25H22N4O5S/c1-2-33-25(32)23-20(15-29(28-23)19-7-4-3-5-8-19)34-16-22(30)26-17-10-12-18(13-11-17)27-24(31)21-9-6-14-35-21/h3-15H,2,16H2,1H3,(H,26,30)(H,27,31). The predicted octanol–water partition coefficient (Wildman–Crippen LogP) is 4.38. The lowest BCUT2D eigenvalue weighted by molar-refractivity contribution is -0.118. The van der Waals surface area contributed by atoms with Crippen LogP contribution in [0.2, 0.25) is 0 Å². The molecule has 0 unspecified atom stereocenters. The van der Waals surface area contributed by atoms with Crippen molar-refractivity contribution in [2.75, 3.05) is 23.8 Å². The van der Waals surface area contributed by atoms with Crippen molar-refractivity contribution in [1.29, 1.82) is 0 Å². The van der Waals surface area contributed by atoms with Crippen LogP contribution in [0.5, 0.6) is 5.75 Å². The minimum atomic E-state index is -0.641. The highest BCUT2D eigenvalue weighted by Crippen LogP contribution is 2.21. The molecule has 9 nitrogen and oxygen atoms in total. The maximum absolute atomic E-state index is 12.4. The average Bonchev–Trinajstić information content (AvgIpc) is 3.55. The summed E-state index contributed by atoms with van der Waals surface area (Å²) in [5.74, 6) is -1.13. The molecule has 0 saturated heterocycles. The van der Waals surface area contributed by atoms with Crippen molar-refractivity contribution >= 4 is 40.5 Å². The van der Waals surface area contributed by atoms with Crippen molar-refractivity contribution in [2.45, 2.75) is 6.92 Å². The van der Waals surface area contributed by atoms with E-state index >= 15 is 0 Å². The first-order valence-corrected chi connectivity index (χ1v) is 11.6. The largest absolute Gasteiger partial charge is 0.480 e. The van der Waals surface area contributed by atoms with Gasteiger partial charge in [0.15, 0.2) is 12.4 Å². The van der Waals surface area contributed by atoms with Crippen LogP contribution < -0.4 is 15.4 Å². The highest BCUT2D eigenvalue weighted by Gasteiger charge is 2.21. The molecule has 0 spiro atoms. The number of carbonyl (C=O) groups is 3. The molecule has 2 heterocycles. The number of para-hydroxylation sites is 1. The van der Waals surface area contributed by atoms with Gasteiger partial charge in [0.05, 0.1) is 23.4 Å². The van der Waals surface area contributed by atoms with Crippen molar-refractivity contribution in [3.63, 3.8) is 0 Å². The molecule has 0 aliphatic heterocycles.